The number of hydrogen-bond donors (Lipinski definition) is 1. The maximum absolute atomic E-state index is 12.3. The third-order valence-corrected chi connectivity index (χ3v) is 4.27. The predicted molar refractivity (Wildman–Crippen MR) is 76.3 cm³/mol. The average molecular weight is 273 g/mol. The van der Waals surface area contributed by atoms with Crippen LogP contribution in [-0.4, -0.2) is 22.5 Å². The van der Waals surface area contributed by atoms with Crippen molar-refractivity contribution >= 4 is 23.1 Å². The maximum Gasteiger partial charge on any atom is 0.322 e. The zero-order valence-corrected chi connectivity index (χ0v) is 11.3. The van der Waals surface area contributed by atoms with Crippen LogP contribution in [0.4, 0.5) is 10.5 Å². The van der Waals surface area contributed by atoms with Gasteiger partial charge in [0.15, 0.2) is 0 Å². The number of rotatable bonds is 2. The highest BCUT2D eigenvalue weighted by Gasteiger charge is 2.30. The number of pyridine rings is 1. The normalized spacial score (nSPS) is 18.5. The number of aromatic nitrogens is 1. The molecular formula is C14H15N3OS. The zero-order chi connectivity index (χ0) is 13.1. The van der Waals surface area contributed by atoms with Crippen molar-refractivity contribution in [1.82, 2.24) is 9.88 Å². The molecule has 0 unspecified atom stereocenters. The van der Waals surface area contributed by atoms with E-state index < -0.39 is 0 Å². The van der Waals surface area contributed by atoms with Crippen LogP contribution in [0.15, 0.2) is 42.0 Å². The minimum atomic E-state index is -0.0381. The van der Waals surface area contributed by atoms with Crippen LogP contribution in [0.25, 0.3) is 0 Å². The van der Waals surface area contributed by atoms with Gasteiger partial charge in [0.1, 0.15) is 0 Å². The Bertz CT molecular complexity index is 541. The summed E-state index contributed by atoms with van der Waals surface area (Å²) in [7, 11) is 0. The first-order valence-electron chi connectivity index (χ1n) is 6.35. The third-order valence-electron chi connectivity index (χ3n) is 3.30. The number of hydrogen-bond acceptors (Lipinski definition) is 3. The number of likely N-dealkylation sites (tertiary alicyclic amines) is 1. The predicted octanol–water partition coefficient (Wildman–Crippen LogP) is 3.51. The highest BCUT2D eigenvalue weighted by molar-refractivity contribution is 7.10. The van der Waals surface area contributed by atoms with Crippen LogP contribution in [-0.2, 0) is 0 Å². The molecule has 19 heavy (non-hydrogen) atoms. The lowest BCUT2D eigenvalue weighted by Crippen LogP contribution is -2.34. The van der Waals surface area contributed by atoms with Gasteiger partial charge < -0.3 is 10.2 Å². The lowest BCUT2D eigenvalue weighted by Gasteiger charge is -2.24. The Morgan fingerprint density at radius 2 is 2.37 bits per heavy atom. The number of nitrogens with one attached hydrogen (secondary N) is 1. The van der Waals surface area contributed by atoms with Gasteiger partial charge in [-0.25, -0.2) is 4.79 Å². The van der Waals surface area contributed by atoms with Crippen molar-refractivity contribution in [2.45, 2.75) is 18.9 Å². The molecule has 3 heterocycles. The van der Waals surface area contributed by atoms with Crippen molar-refractivity contribution in [2.24, 2.45) is 0 Å². The summed E-state index contributed by atoms with van der Waals surface area (Å²) in [5.41, 5.74) is 0.740. The molecule has 0 bridgehead atoms. The topological polar surface area (TPSA) is 45.2 Å². The molecule has 0 radical (unpaired) electrons. The van der Waals surface area contributed by atoms with Gasteiger partial charge in [0.2, 0.25) is 0 Å². The summed E-state index contributed by atoms with van der Waals surface area (Å²) >= 11 is 1.71. The average Bonchev–Trinajstić information content (AvgIpc) is 3.10. The van der Waals surface area contributed by atoms with Gasteiger partial charge in [0, 0.05) is 17.6 Å². The number of urea groups is 1. The van der Waals surface area contributed by atoms with Gasteiger partial charge in [-0.05, 0) is 36.4 Å². The molecule has 98 valence electrons. The molecular weight excluding hydrogens is 258 g/mol. The highest BCUT2D eigenvalue weighted by atomic mass is 32.1. The van der Waals surface area contributed by atoms with Crippen LogP contribution in [0, 0.1) is 0 Å². The highest BCUT2D eigenvalue weighted by Crippen LogP contribution is 2.34. The molecule has 1 atom stereocenters. The van der Waals surface area contributed by atoms with E-state index >= 15 is 0 Å². The van der Waals surface area contributed by atoms with Crippen molar-refractivity contribution < 1.29 is 4.79 Å². The molecule has 1 fully saturated rings. The molecule has 0 spiro atoms. The quantitative estimate of drug-likeness (QED) is 0.910. The van der Waals surface area contributed by atoms with Crippen LogP contribution in [0.5, 0.6) is 0 Å². The van der Waals surface area contributed by atoms with E-state index in [-0.39, 0.29) is 12.1 Å². The molecule has 1 aliphatic rings. The second kappa shape index (κ2) is 5.40. The Morgan fingerprint density at radius 1 is 1.42 bits per heavy atom. The Balaban J connectivity index is 1.72. The van der Waals surface area contributed by atoms with E-state index in [1.54, 1.807) is 23.7 Å². The molecule has 2 amide bonds. The van der Waals surface area contributed by atoms with Crippen molar-refractivity contribution in [3.05, 3.63) is 46.9 Å². The fraction of sp³-hybridized carbons (Fsp3) is 0.286. The van der Waals surface area contributed by atoms with Crippen molar-refractivity contribution in [3.63, 3.8) is 0 Å². The van der Waals surface area contributed by atoms with E-state index in [4.69, 9.17) is 0 Å². The number of anilines is 1. The number of thiophene rings is 1. The number of carbonyl (C=O) groups excluding carboxylic acids is 1. The smallest absolute Gasteiger partial charge is 0.317 e. The minimum absolute atomic E-state index is 0.0381. The Hall–Kier alpha value is -1.88. The van der Waals surface area contributed by atoms with Gasteiger partial charge in [0.25, 0.3) is 0 Å². The fourth-order valence-corrected chi connectivity index (χ4v) is 3.29. The zero-order valence-electron chi connectivity index (χ0n) is 10.5. The maximum atomic E-state index is 12.3. The largest absolute Gasteiger partial charge is 0.322 e. The minimum Gasteiger partial charge on any atom is -0.317 e. The Kier molecular flexibility index (Phi) is 3.46. The standard InChI is InChI=1S/C14H15N3OS/c18-14(16-11-4-1-7-15-10-11)17-8-2-5-12(17)13-6-3-9-19-13/h1,3-4,6-7,9-10,12H,2,5,8H2,(H,16,18)/t12-/m0/s1. The van der Waals surface area contributed by atoms with Crippen molar-refractivity contribution in [3.8, 4) is 0 Å². The monoisotopic (exact) mass is 273 g/mol. The molecule has 3 rings (SSSR count). The summed E-state index contributed by atoms with van der Waals surface area (Å²) in [5, 5.41) is 4.97. The Morgan fingerprint density at radius 3 is 3.11 bits per heavy atom. The molecule has 0 aromatic carbocycles. The summed E-state index contributed by atoms with van der Waals surface area (Å²) < 4.78 is 0. The fourth-order valence-electron chi connectivity index (χ4n) is 2.42. The molecule has 4 nitrogen and oxygen atoms in total. The second-order valence-electron chi connectivity index (χ2n) is 4.54. The van der Waals surface area contributed by atoms with Crippen LogP contribution in [0.1, 0.15) is 23.8 Å². The molecule has 1 aliphatic heterocycles. The van der Waals surface area contributed by atoms with Gasteiger partial charge in [-0.1, -0.05) is 6.07 Å². The molecule has 5 heteroatoms. The SMILES string of the molecule is O=C(Nc1cccnc1)N1CCC[C@H]1c1cccs1. The summed E-state index contributed by atoms with van der Waals surface area (Å²) in [4.78, 5) is 19.5. The van der Waals surface area contributed by atoms with E-state index in [1.165, 1.54) is 4.88 Å². The summed E-state index contributed by atoms with van der Waals surface area (Å²) in [5.74, 6) is 0. The Labute approximate surface area is 116 Å². The molecule has 1 N–H and O–H groups in total. The van der Waals surface area contributed by atoms with Crippen LogP contribution < -0.4 is 5.32 Å². The first-order valence-corrected chi connectivity index (χ1v) is 7.23. The van der Waals surface area contributed by atoms with Gasteiger partial charge in [0.05, 0.1) is 17.9 Å². The third kappa shape index (κ3) is 2.61. The van der Waals surface area contributed by atoms with Crippen molar-refractivity contribution in [2.75, 3.05) is 11.9 Å². The lowest BCUT2D eigenvalue weighted by molar-refractivity contribution is 0.208. The summed E-state index contributed by atoms with van der Waals surface area (Å²) in [6.45, 7) is 0.814. The van der Waals surface area contributed by atoms with E-state index in [0.29, 0.717) is 0 Å². The molecule has 0 aliphatic carbocycles. The molecule has 1 saturated heterocycles. The van der Waals surface area contributed by atoms with Gasteiger partial charge in [-0.2, -0.15) is 0 Å². The number of carbonyl (C=O) groups is 1. The first-order chi connectivity index (χ1) is 9.34. The summed E-state index contributed by atoms with van der Waals surface area (Å²) in [6.07, 6.45) is 5.46. The lowest BCUT2D eigenvalue weighted by atomic mass is 10.2. The molecule has 2 aromatic rings. The van der Waals surface area contributed by atoms with E-state index in [2.05, 4.69) is 21.7 Å². The van der Waals surface area contributed by atoms with Crippen molar-refractivity contribution in [1.29, 1.82) is 0 Å². The van der Waals surface area contributed by atoms with Gasteiger partial charge >= 0.3 is 6.03 Å². The van der Waals surface area contributed by atoms with E-state index in [9.17, 15) is 4.79 Å². The second-order valence-corrected chi connectivity index (χ2v) is 5.52. The van der Waals surface area contributed by atoms with Gasteiger partial charge in [-0.15, -0.1) is 11.3 Å². The first kappa shape index (κ1) is 12.2. The molecule has 0 saturated carbocycles. The van der Waals surface area contributed by atoms with Gasteiger partial charge in [-0.3, -0.25) is 4.98 Å². The number of amides is 2. The van der Waals surface area contributed by atoms with E-state index in [1.807, 2.05) is 23.1 Å². The molecule has 2 aromatic heterocycles. The van der Waals surface area contributed by atoms with Crippen LogP contribution in [0.3, 0.4) is 0 Å². The summed E-state index contributed by atoms with van der Waals surface area (Å²) in [6, 6.07) is 7.98. The number of nitrogens with zero attached hydrogens (tertiary/aromatic N) is 2. The van der Waals surface area contributed by atoms with Crippen LogP contribution in [0.2, 0.25) is 0 Å². The van der Waals surface area contributed by atoms with Crippen LogP contribution >= 0.6 is 11.3 Å². The van der Waals surface area contributed by atoms with E-state index in [0.717, 1.165) is 25.1 Å².